The molecule has 1 fully saturated rings. The summed E-state index contributed by atoms with van der Waals surface area (Å²) < 4.78 is 1.09. The molecule has 1 aliphatic carbocycles. The van der Waals surface area contributed by atoms with Crippen LogP contribution in [0.3, 0.4) is 0 Å². The van der Waals surface area contributed by atoms with Crippen molar-refractivity contribution in [3.63, 3.8) is 0 Å². The Morgan fingerprint density at radius 1 is 1.25 bits per heavy atom. The van der Waals surface area contributed by atoms with Crippen LogP contribution in [-0.4, -0.2) is 17.5 Å². The van der Waals surface area contributed by atoms with Gasteiger partial charge in [-0.25, -0.2) is 0 Å². The second-order valence-corrected chi connectivity index (χ2v) is 7.40. The monoisotopic (exact) mass is 338 g/mol. The van der Waals surface area contributed by atoms with E-state index < -0.39 is 0 Å². The predicted molar refractivity (Wildman–Crippen MR) is 90.7 cm³/mol. The van der Waals surface area contributed by atoms with Crippen LogP contribution in [0.4, 0.5) is 5.69 Å². The highest BCUT2D eigenvalue weighted by Gasteiger charge is 2.22. The van der Waals surface area contributed by atoms with Crippen molar-refractivity contribution in [2.45, 2.75) is 58.5 Å². The Morgan fingerprint density at radius 2 is 1.95 bits per heavy atom. The molecule has 0 heterocycles. The van der Waals surface area contributed by atoms with Crippen molar-refractivity contribution in [1.82, 2.24) is 4.90 Å². The van der Waals surface area contributed by atoms with Crippen molar-refractivity contribution in [3.8, 4) is 0 Å². The van der Waals surface area contributed by atoms with E-state index in [1.54, 1.807) is 0 Å². The molecular weight excluding hydrogens is 312 g/mol. The maximum absolute atomic E-state index is 5.96. The lowest BCUT2D eigenvalue weighted by Crippen LogP contribution is -2.34. The molecule has 1 aromatic carbocycles. The molecule has 2 rings (SSSR count). The lowest BCUT2D eigenvalue weighted by molar-refractivity contribution is 0.179. The van der Waals surface area contributed by atoms with Crippen molar-refractivity contribution in [2.24, 2.45) is 5.92 Å². The van der Waals surface area contributed by atoms with E-state index in [9.17, 15) is 0 Å². The van der Waals surface area contributed by atoms with Gasteiger partial charge in [0.05, 0.1) is 0 Å². The van der Waals surface area contributed by atoms with Crippen molar-refractivity contribution in [3.05, 3.63) is 28.2 Å². The maximum Gasteiger partial charge on any atom is 0.0328 e. The SMILES string of the molecule is CC(C)CCN(Cc1cc(N)cc(Br)c1)C1CCCC1. The van der Waals surface area contributed by atoms with Crippen LogP contribution in [-0.2, 0) is 6.54 Å². The number of nitrogen functional groups attached to an aromatic ring is 1. The van der Waals surface area contributed by atoms with Crippen LogP contribution < -0.4 is 5.73 Å². The van der Waals surface area contributed by atoms with E-state index in [-0.39, 0.29) is 0 Å². The molecule has 0 spiro atoms. The zero-order chi connectivity index (χ0) is 14.5. The van der Waals surface area contributed by atoms with Crippen molar-refractivity contribution in [2.75, 3.05) is 12.3 Å². The van der Waals surface area contributed by atoms with E-state index in [4.69, 9.17) is 5.73 Å². The molecule has 1 saturated carbocycles. The Hall–Kier alpha value is -0.540. The second-order valence-electron chi connectivity index (χ2n) is 6.48. The van der Waals surface area contributed by atoms with E-state index in [1.165, 1.54) is 44.2 Å². The van der Waals surface area contributed by atoms with Crippen LogP contribution in [0.1, 0.15) is 51.5 Å². The standard InChI is InChI=1S/C17H27BrN2/c1-13(2)7-8-20(17-5-3-4-6-17)12-14-9-15(18)11-16(19)10-14/h9-11,13,17H,3-8,12,19H2,1-2H3. The highest BCUT2D eigenvalue weighted by Crippen LogP contribution is 2.27. The van der Waals surface area contributed by atoms with Gasteiger partial charge in [0.25, 0.3) is 0 Å². The van der Waals surface area contributed by atoms with Crippen LogP contribution in [0.25, 0.3) is 0 Å². The number of nitrogens with zero attached hydrogens (tertiary/aromatic N) is 1. The Balaban J connectivity index is 2.05. The summed E-state index contributed by atoms with van der Waals surface area (Å²) >= 11 is 3.55. The first kappa shape index (κ1) is 15.8. The Labute approximate surface area is 131 Å². The summed E-state index contributed by atoms with van der Waals surface area (Å²) in [4.78, 5) is 2.67. The third-order valence-corrected chi connectivity index (χ3v) is 4.66. The number of hydrogen-bond acceptors (Lipinski definition) is 2. The molecule has 0 radical (unpaired) electrons. The van der Waals surface area contributed by atoms with Gasteiger partial charge < -0.3 is 5.73 Å². The summed E-state index contributed by atoms with van der Waals surface area (Å²) in [5.41, 5.74) is 8.14. The van der Waals surface area contributed by atoms with E-state index in [1.807, 2.05) is 6.07 Å². The molecule has 0 aliphatic heterocycles. The summed E-state index contributed by atoms with van der Waals surface area (Å²) in [6.45, 7) is 6.85. The highest BCUT2D eigenvalue weighted by molar-refractivity contribution is 9.10. The number of anilines is 1. The Bertz CT molecular complexity index is 405. The van der Waals surface area contributed by atoms with E-state index >= 15 is 0 Å². The molecule has 3 heteroatoms. The zero-order valence-corrected chi connectivity index (χ0v) is 14.3. The van der Waals surface area contributed by atoms with Gasteiger partial charge in [-0.3, -0.25) is 4.90 Å². The van der Waals surface area contributed by atoms with Crippen LogP contribution in [0.2, 0.25) is 0 Å². The molecule has 1 aromatic rings. The molecule has 20 heavy (non-hydrogen) atoms. The third kappa shape index (κ3) is 4.78. The molecular formula is C17H27BrN2. The lowest BCUT2D eigenvalue weighted by Gasteiger charge is -2.29. The number of halogens is 1. The smallest absolute Gasteiger partial charge is 0.0328 e. The molecule has 0 bridgehead atoms. The minimum Gasteiger partial charge on any atom is -0.399 e. The van der Waals surface area contributed by atoms with E-state index in [2.05, 4.69) is 46.8 Å². The van der Waals surface area contributed by atoms with Gasteiger partial charge in [0.1, 0.15) is 0 Å². The summed E-state index contributed by atoms with van der Waals surface area (Å²) in [6.07, 6.45) is 6.79. The highest BCUT2D eigenvalue weighted by atomic mass is 79.9. The second kappa shape index (κ2) is 7.46. The Kier molecular flexibility index (Phi) is 5.91. The number of benzene rings is 1. The summed E-state index contributed by atoms with van der Waals surface area (Å²) in [6, 6.07) is 7.06. The minimum absolute atomic E-state index is 0.770. The summed E-state index contributed by atoms with van der Waals surface area (Å²) in [7, 11) is 0. The number of rotatable bonds is 6. The largest absolute Gasteiger partial charge is 0.399 e. The topological polar surface area (TPSA) is 29.3 Å². The summed E-state index contributed by atoms with van der Waals surface area (Å²) in [5.74, 6) is 0.770. The van der Waals surface area contributed by atoms with Crippen LogP contribution in [0.5, 0.6) is 0 Å². The minimum atomic E-state index is 0.770. The number of nitrogens with two attached hydrogens (primary N) is 1. The number of hydrogen-bond donors (Lipinski definition) is 1. The molecule has 0 aromatic heterocycles. The van der Waals surface area contributed by atoms with Gasteiger partial charge in [-0.15, -0.1) is 0 Å². The lowest BCUT2D eigenvalue weighted by atomic mass is 10.1. The fourth-order valence-electron chi connectivity index (χ4n) is 3.09. The van der Waals surface area contributed by atoms with Gasteiger partial charge in [0.2, 0.25) is 0 Å². The predicted octanol–water partition coefficient (Wildman–Crippen LogP) is 4.82. The normalized spacial score (nSPS) is 16.4. The van der Waals surface area contributed by atoms with Gasteiger partial charge in [0, 0.05) is 22.7 Å². The first-order valence-corrected chi connectivity index (χ1v) is 8.63. The van der Waals surface area contributed by atoms with Gasteiger partial charge in [-0.05, 0) is 55.5 Å². The Morgan fingerprint density at radius 3 is 2.55 bits per heavy atom. The molecule has 0 saturated heterocycles. The molecule has 1 aliphatic rings. The van der Waals surface area contributed by atoms with Crippen LogP contribution in [0, 0.1) is 5.92 Å². The molecule has 0 amide bonds. The first-order chi connectivity index (χ1) is 9.54. The van der Waals surface area contributed by atoms with E-state index in [0.717, 1.165) is 28.7 Å². The maximum atomic E-state index is 5.96. The van der Waals surface area contributed by atoms with Crippen LogP contribution in [0.15, 0.2) is 22.7 Å². The zero-order valence-electron chi connectivity index (χ0n) is 12.7. The van der Waals surface area contributed by atoms with Crippen molar-refractivity contribution in [1.29, 1.82) is 0 Å². The van der Waals surface area contributed by atoms with Gasteiger partial charge in [-0.1, -0.05) is 42.6 Å². The van der Waals surface area contributed by atoms with Gasteiger partial charge in [0.15, 0.2) is 0 Å². The average Bonchev–Trinajstić information content (AvgIpc) is 2.86. The van der Waals surface area contributed by atoms with Gasteiger partial charge in [-0.2, -0.15) is 0 Å². The van der Waals surface area contributed by atoms with Crippen molar-refractivity contribution >= 4 is 21.6 Å². The van der Waals surface area contributed by atoms with E-state index in [0.29, 0.717) is 0 Å². The first-order valence-electron chi connectivity index (χ1n) is 7.83. The molecule has 0 atom stereocenters. The third-order valence-electron chi connectivity index (χ3n) is 4.20. The quantitative estimate of drug-likeness (QED) is 0.753. The van der Waals surface area contributed by atoms with Gasteiger partial charge >= 0.3 is 0 Å². The molecule has 112 valence electrons. The fourth-order valence-corrected chi connectivity index (χ4v) is 3.64. The van der Waals surface area contributed by atoms with Crippen molar-refractivity contribution < 1.29 is 0 Å². The molecule has 0 unspecified atom stereocenters. The van der Waals surface area contributed by atoms with Crippen LogP contribution >= 0.6 is 15.9 Å². The molecule has 2 N–H and O–H groups in total. The summed E-state index contributed by atoms with van der Waals surface area (Å²) in [5, 5.41) is 0. The fraction of sp³-hybridized carbons (Fsp3) is 0.647. The molecule has 2 nitrogen and oxygen atoms in total. The average molecular weight is 339 g/mol.